The third kappa shape index (κ3) is 2.77. The largest absolute Gasteiger partial charge is 0.465 e. The molecule has 1 amide bonds. The fourth-order valence-corrected chi connectivity index (χ4v) is 2.42. The summed E-state index contributed by atoms with van der Waals surface area (Å²) in [7, 11) is 0. The number of benzene rings is 1. The molecule has 1 saturated heterocycles. The van der Waals surface area contributed by atoms with Gasteiger partial charge in [-0.2, -0.15) is 0 Å². The third-order valence-corrected chi connectivity index (χ3v) is 3.36. The van der Waals surface area contributed by atoms with E-state index in [1.54, 1.807) is 24.5 Å². The molecule has 1 aliphatic heterocycles. The Bertz CT molecular complexity index is 645. The average molecular weight is 270 g/mol. The fraction of sp³-hybridized carbons (Fsp3) is 0. The summed E-state index contributed by atoms with van der Waals surface area (Å²) >= 11 is 1.30. The van der Waals surface area contributed by atoms with Gasteiger partial charge in [0, 0.05) is 6.08 Å². The smallest absolute Gasteiger partial charge is 0.264 e. The summed E-state index contributed by atoms with van der Waals surface area (Å²) in [6.45, 7) is 0. The van der Waals surface area contributed by atoms with Gasteiger partial charge in [-0.1, -0.05) is 18.2 Å². The highest BCUT2D eigenvalue weighted by Gasteiger charge is 2.24. The molecule has 3 rings (SSSR count). The van der Waals surface area contributed by atoms with E-state index in [2.05, 4.69) is 10.3 Å². The van der Waals surface area contributed by atoms with E-state index in [9.17, 15) is 4.79 Å². The number of furan rings is 1. The summed E-state index contributed by atoms with van der Waals surface area (Å²) in [4.78, 5) is 16.7. The summed E-state index contributed by atoms with van der Waals surface area (Å²) in [6.07, 6.45) is 3.27. The van der Waals surface area contributed by atoms with Crippen molar-refractivity contribution in [1.29, 1.82) is 0 Å². The van der Waals surface area contributed by atoms with Crippen LogP contribution >= 0.6 is 11.8 Å². The predicted molar refractivity (Wildman–Crippen MR) is 76.0 cm³/mol. The topological polar surface area (TPSA) is 54.6 Å². The molecule has 0 aliphatic carbocycles. The highest BCUT2D eigenvalue weighted by molar-refractivity contribution is 8.18. The van der Waals surface area contributed by atoms with Crippen LogP contribution in [0.3, 0.4) is 0 Å². The molecule has 1 aliphatic rings. The molecular formula is C14H10N2O2S. The maximum Gasteiger partial charge on any atom is 0.264 e. The van der Waals surface area contributed by atoms with Crippen LogP contribution in [0.5, 0.6) is 0 Å². The number of amides is 1. The van der Waals surface area contributed by atoms with Gasteiger partial charge in [-0.3, -0.25) is 4.79 Å². The Labute approximate surface area is 114 Å². The molecular weight excluding hydrogens is 260 g/mol. The minimum atomic E-state index is -0.156. The van der Waals surface area contributed by atoms with Crippen LogP contribution in [0.15, 0.2) is 63.0 Å². The van der Waals surface area contributed by atoms with Gasteiger partial charge in [0.15, 0.2) is 5.17 Å². The Morgan fingerprint density at radius 2 is 2.00 bits per heavy atom. The normalized spacial score (nSPS) is 19.1. The van der Waals surface area contributed by atoms with E-state index < -0.39 is 0 Å². The minimum absolute atomic E-state index is 0.156. The first kappa shape index (κ1) is 11.8. The lowest BCUT2D eigenvalue weighted by molar-refractivity contribution is -0.115. The molecule has 0 saturated carbocycles. The highest BCUT2D eigenvalue weighted by Crippen LogP contribution is 2.27. The van der Waals surface area contributed by atoms with E-state index in [1.807, 2.05) is 30.3 Å². The van der Waals surface area contributed by atoms with Gasteiger partial charge >= 0.3 is 0 Å². The summed E-state index contributed by atoms with van der Waals surface area (Å²) < 4.78 is 5.19. The summed E-state index contributed by atoms with van der Waals surface area (Å²) in [5.74, 6) is 0.495. The lowest BCUT2D eigenvalue weighted by Crippen LogP contribution is -2.19. The molecule has 1 fully saturated rings. The number of rotatable bonds is 2. The van der Waals surface area contributed by atoms with Crippen LogP contribution in [0.2, 0.25) is 0 Å². The van der Waals surface area contributed by atoms with Crippen molar-refractivity contribution in [3.05, 3.63) is 59.4 Å². The molecule has 0 atom stereocenters. The molecule has 1 aromatic carbocycles. The van der Waals surface area contributed by atoms with Gasteiger partial charge < -0.3 is 9.73 Å². The fourth-order valence-electron chi connectivity index (χ4n) is 1.60. The molecule has 5 heteroatoms. The van der Waals surface area contributed by atoms with Crippen molar-refractivity contribution in [2.24, 2.45) is 4.99 Å². The number of aliphatic imine (C=N–C) groups is 1. The first-order valence-corrected chi connectivity index (χ1v) is 6.51. The average Bonchev–Trinajstić information content (AvgIpc) is 3.02. The summed E-state index contributed by atoms with van der Waals surface area (Å²) in [6, 6.07) is 13.1. The zero-order valence-electron chi connectivity index (χ0n) is 9.87. The molecule has 0 spiro atoms. The third-order valence-electron chi connectivity index (χ3n) is 2.45. The number of carbonyl (C=O) groups excluding carboxylic acids is 1. The molecule has 94 valence electrons. The highest BCUT2D eigenvalue weighted by atomic mass is 32.2. The van der Waals surface area contributed by atoms with Crippen molar-refractivity contribution < 1.29 is 9.21 Å². The first-order chi connectivity index (χ1) is 9.31. The van der Waals surface area contributed by atoms with Crippen LogP contribution in [0, 0.1) is 0 Å². The standard InChI is InChI=1S/C14H10N2O2S/c17-13-12(9-11-7-4-8-18-11)19-14(16-13)15-10-5-2-1-3-6-10/h1-9H,(H,15,16,17)/b12-9+. The van der Waals surface area contributed by atoms with E-state index in [4.69, 9.17) is 4.42 Å². The number of nitrogens with one attached hydrogen (secondary N) is 1. The molecule has 1 aromatic heterocycles. The molecule has 4 nitrogen and oxygen atoms in total. The number of amidine groups is 1. The molecule has 2 heterocycles. The van der Waals surface area contributed by atoms with Gasteiger partial charge in [-0.05, 0) is 36.0 Å². The molecule has 2 aromatic rings. The summed E-state index contributed by atoms with van der Waals surface area (Å²) in [5, 5.41) is 3.31. The monoisotopic (exact) mass is 270 g/mol. The molecule has 1 N–H and O–H groups in total. The lowest BCUT2D eigenvalue weighted by atomic mass is 10.3. The number of nitrogens with zero attached hydrogens (tertiary/aromatic N) is 1. The Morgan fingerprint density at radius 1 is 1.16 bits per heavy atom. The van der Waals surface area contributed by atoms with Crippen molar-refractivity contribution in [2.45, 2.75) is 0 Å². The van der Waals surface area contributed by atoms with Crippen LogP contribution in [-0.2, 0) is 4.79 Å². The van der Waals surface area contributed by atoms with E-state index in [-0.39, 0.29) is 5.91 Å². The molecule has 0 bridgehead atoms. The van der Waals surface area contributed by atoms with Gasteiger partial charge in [0.2, 0.25) is 0 Å². The number of para-hydroxylation sites is 1. The second-order valence-corrected chi connectivity index (χ2v) is 4.86. The minimum Gasteiger partial charge on any atom is -0.465 e. The van der Waals surface area contributed by atoms with Crippen LogP contribution in [0.25, 0.3) is 6.08 Å². The second kappa shape index (κ2) is 5.16. The van der Waals surface area contributed by atoms with Crippen molar-refractivity contribution in [1.82, 2.24) is 5.32 Å². The summed E-state index contributed by atoms with van der Waals surface area (Å²) in [5.41, 5.74) is 0.810. The number of thioether (sulfide) groups is 1. The van der Waals surface area contributed by atoms with E-state index in [1.165, 1.54) is 11.8 Å². The zero-order valence-corrected chi connectivity index (χ0v) is 10.7. The lowest BCUT2D eigenvalue weighted by Gasteiger charge is -1.94. The van der Waals surface area contributed by atoms with Gasteiger partial charge in [0.05, 0.1) is 16.9 Å². The van der Waals surface area contributed by atoms with Gasteiger partial charge in [-0.25, -0.2) is 4.99 Å². The van der Waals surface area contributed by atoms with Crippen molar-refractivity contribution >= 4 is 34.6 Å². The zero-order chi connectivity index (χ0) is 13.1. The molecule has 19 heavy (non-hydrogen) atoms. The maximum atomic E-state index is 11.8. The second-order valence-electron chi connectivity index (χ2n) is 3.83. The van der Waals surface area contributed by atoms with Crippen LogP contribution in [0.4, 0.5) is 5.69 Å². The molecule has 0 unspecified atom stereocenters. The maximum absolute atomic E-state index is 11.8. The predicted octanol–water partition coefficient (Wildman–Crippen LogP) is 3.17. The Morgan fingerprint density at radius 3 is 2.74 bits per heavy atom. The number of hydrogen-bond donors (Lipinski definition) is 1. The SMILES string of the molecule is O=C1NC(=Nc2ccccc2)S/C1=C/c1ccco1. The van der Waals surface area contributed by atoms with Crippen LogP contribution in [0.1, 0.15) is 5.76 Å². The molecule has 0 radical (unpaired) electrons. The van der Waals surface area contributed by atoms with Crippen molar-refractivity contribution in [2.75, 3.05) is 0 Å². The Balaban J connectivity index is 1.82. The van der Waals surface area contributed by atoms with Crippen LogP contribution in [-0.4, -0.2) is 11.1 Å². The van der Waals surface area contributed by atoms with E-state index in [0.29, 0.717) is 15.8 Å². The number of hydrogen-bond acceptors (Lipinski definition) is 4. The first-order valence-electron chi connectivity index (χ1n) is 5.69. The quantitative estimate of drug-likeness (QED) is 0.853. The Kier molecular flexibility index (Phi) is 3.20. The van der Waals surface area contributed by atoms with Gasteiger partial charge in [0.25, 0.3) is 5.91 Å². The van der Waals surface area contributed by atoms with Gasteiger partial charge in [0.1, 0.15) is 5.76 Å². The Hall–Kier alpha value is -2.27. The number of carbonyl (C=O) groups is 1. The van der Waals surface area contributed by atoms with Gasteiger partial charge in [-0.15, -0.1) is 0 Å². The van der Waals surface area contributed by atoms with E-state index >= 15 is 0 Å². The van der Waals surface area contributed by atoms with E-state index in [0.717, 1.165) is 5.69 Å². The van der Waals surface area contributed by atoms with Crippen molar-refractivity contribution in [3.63, 3.8) is 0 Å². The van der Waals surface area contributed by atoms with Crippen molar-refractivity contribution in [3.8, 4) is 0 Å². The van der Waals surface area contributed by atoms with Crippen LogP contribution < -0.4 is 5.32 Å².